The van der Waals surface area contributed by atoms with Crippen LogP contribution in [0.4, 0.5) is 11.9 Å². The summed E-state index contributed by atoms with van der Waals surface area (Å²) in [6.07, 6.45) is 0. The third-order valence-electron chi connectivity index (χ3n) is 2.89. The molecule has 4 N–H and O–H groups in total. The minimum atomic E-state index is -0.186. The van der Waals surface area contributed by atoms with Crippen molar-refractivity contribution in [2.75, 3.05) is 11.5 Å². The molecule has 0 aliphatic rings. The Labute approximate surface area is 129 Å². The van der Waals surface area contributed by atoms with E-state index < -0.39 is 0 Å². The molecule has 7 nitrogen and oxygen atoms in total. The van der Waals surface area contributed by atoms with E-state index in [-0.39, 0.29) is 35.1 Å². The molecular formula is C13H24N6OS. The van der Waals surface area contributed by atoms with Crippen molar-refractivity contribution in [1.82, 2.24) is 19.9 Å². The third kappa shape index (κ3) is 5.04. The zero-order chi connectivity index (χ0) is 16.2. The molecule has 0 saturated carbocycles. The number of amides is 1. The molecule has 21 heavy (non-hydrogen) atoms. The van der Waals surface area contributed by atoms with Crippen molar-refractivity contribution in [2.45, 2.75) is 57.7 Å². The predicted octanol–water partition coefficient (Wildman–Crippen LogP) is 1.30. The fourth-order valence-electron chi connectivity index (χ4n) is 2.11. The number of carbonyl (C=O) groups excluding carboxylic acids is 1. The summed E-state index contributed by atoms with van der Waals surface area (Å²) in [6.45, 7) is 9.95. The second kappa shape index (κ2) is 7.44. The number of hydrogen-bond acceptors (Lipinski definition) is 7. The van der Waals surface area contributed by atoms with Gasteiger partial charge < -0.3 is 16.4 Å². The van der Waals surface area contributed by atoms with Crippen LogP contribution in [0.25, 0.3) is 0 Å². The van der Waals surface area contributed by atoms with Crippen LogP contribution in [-0.4, -0.2) is 43.1 Å². The highest BCUT2D eigenvalue weighted by molar-refractivity contribution is 7.99. The highest BCUT2D eigenvalue weighted by Gasteiger charge is 2.25. The van der Waals surface area contributed by atoms with E-state index in [9.17, 15) is 4.79 Å². The molecule has 0 aliphatic carbocycles. The summed E-state index contributed by atoms with van der Waals surface area (Å²) in [6, 6.07) is 0.341. The Balaban J connectivity index is 2.68. The first-order valence-electron chi connectivity index (χ1n) is 6.92. The molecule has 0 bridgehead atoms. The highest BCUT2D eigenvalue weighted by Crippen LogP contribution is 2.20. The Morgan fingerprint density at radius 2 is 1.52 bits per heavy atom. The Bertz CT molecular complexity index is 465. The molecule has 0 spiro atoms. The molecule has 1 heterocycles. The van der Waals surface area contributed by atoms with E-state index in [2.05, 4.69) is 15.0 Å². The number of nitrogens with zero attached hydrogens (tertiary/aromatic N) is 4. The number of anilines is 2. The molecule has 0 aromatic carbocycles. The van der Waals surface area contributed by atoms with Gasteiger partial charge in [0.1, 0.15) is 5.82 Å². The van der Waals surface area contributed by atoms with Gasteiger partial charge in [0.25, 0.3) is 0 Å². The standard InChI is InChI=1S/C13H24N6OS/c1-7(2)19(8(3)4)11(20)9(5)21-6-10-16-12(14)18-13(15)17-10/h7-9H,6H2,1-5H3,(H4,14,15,16,17,18)/t9-/m0/s1. The summed E-state index contributed by atoms with van der Waals surface area (Å²) in [7, 11) is 0. The quantitative estimate of drug-likeness (QED) is 0.814. The van der Waals surface area contributed by atoms with Crippen molar-refractivity contribution in [2.24, 2.45) is 0 Å². The smallest absolute Gasteiger partial charge is 0.235 e. The molecule has 0 aliphatic heterocycles. The van der Waals surface area contributed by atoms with E-state index in [0.29, 0.717) is 11.6 Å². The first-order chi connectivity index (χ1) is 9.72. The normalized spacial score (nSPS) is 12.7. The van der Waals surface area contributed by atoms with Crippen LogP contribution in [0.2, 0.25) is 0 Å². The van der Waals surface area contributed by atoms with Crippen LogP contribution in [0.5, 0.6) is 0 Å². The topological polar surface area (TPSA) is 111 Å². The highest BCUT2D eigenvalue weighted by atomic mass is 32.2. The molecular weight excluding hydrogens is 288 g/mol. The van der Waals surface area contributed by atoms with Crippen LogP contribution in [0, 0.1) is 0 Å². The zero-order valence-corrected chi connectivity index (χ0v) is 14.0. The number of nitrogens with two attached hydrogens (primary N) is 2. The monoisotopic (exact) mass is 312 g/mol. The summed E-state index contributed by atoms with van der Waals surface area (Å²) in [4.78, 5) is 26.1. The van der Waals surface area contributed by atoms with Gasteiger partial charge in [-0.25, -0.2) is 0 Å². The molecule has 1 aromatic rings. The SMILES string of the molecule is CC(C)N(C(=O)[C@H](C)SCc1nc(N)nc(N)n1)C(C)C. The van der Waals surface area contributed by atoms with E-state index in [0.717, 1.165) is 0 Å². The van der Waals surface area contributed by atoms with E-state index in [1.807, 2.05) is 39.5 Å². The number of thioether (sulfide) groups is 1. The van der Waals surface area contributed by atoms with Gasteiger partial charge in [0.2, 0.25) is 17.8 Å². The molecule has 0 saturated heterocycles. The van der Waals surface area contributed by atoms with Crippen LogP contribution in [0.3, 0.4) is 0 Å². The maximum Gasteiger partial charge on any atom is 0.235 e. The van der Waals surface area contributed by atoms with Crippen LogP contribution in [-0.2, 0) is 10.5 Å². The molecule has 1 atom stereocenters. The second-order valence-corrected chi connectivity index (χ2v) is 6.68. The predicted molar refractivity (Wildman–Crippen MR) is 86.5 cm³/mol. The fourth-order valence-corrected chi connectivity index (χ4v) is 2.90. The molecule has 0 unspecified atom stereocenters. The van der Waals surface area contributed by atoms with Crippen molar-refractivity contribution in [3.8, 4) is 0 Å². The summed E-state index contributed by atoms with van der Waals surface area (Å²) < 4.78 is 0. The van der Waals surface area contributed by atoms with E-state index in [1.165, 1.54) is 11.8 Å². The van der Waals surface area contributed by atoms with Gasteiger partial charge in [-0.1, -0.05) is 0 Å². The van der Waals surface area contributed by atoms with E-state index in [4.69, 9.17) is 11.5 Å². The summed E-state index contributed by atoms with van der Waals surface area (Å²) in [5, 5.41) is -0.186. The van der Waals surface area contributed by atoms with Gasteiger partial charge in [-0.2, -0.15) is 15.0 Å². The molecule has 118 valence electrons. The molecule has 1 amide bonds. The lowest BCUT2D eigenvalue weighted by molar-refractivity contribution is -0.133. The number of rotatable bonds is 6. The number of carbonyl (C=O) groups is 1. The lowest BCUT2D eigenvalue weighted by Gasteiger charge is -2.32. The first kappa shape index (κ1) is 17.5. The molecule has 8 heteroatoms. The van der Waals surface area contributed by atoms with E-state index >= 15 is 0 Å². The van der Waals surface area contributed by atoms with Crippen molar-refractivity contribution >= 4 is 29.6 Å². The van der Waals surface area contributed by atoms with Crippen LogP contribution in [0.1, 0.15) is 40.4 Å². The molecule has 1 rings (SSSR count). The van der Waals surface area contributed by atoms with Crippen molar-refractivity contribution in [3.05, 3.63) is 5.82 Å². The van der Waals surface area contributed by atoms with Crippen molar-refractivity contribution in [1.29, 1.82) is 0 Å². The van der Waals surface area contributed by atoms with Crippen LogP contribution in [0.15, 0.2) is 0 Å². The van der Waals surface area contributed by atoms with Crippen LogP contribution < -0.4 is 11.5 Å². The maximum absolute atomic E-state index is 12.5. The maximum atomic E-state index is 12.5. The van der Waals surface area contributed by atoms with E-state index in [1.54, 1.807) is 0 Å². The largest absolute Gasteiger partial charge is 0.368 e. The van der Waals surface area contributed by atoms with Gasteiger partial charge in [-0.3, -0.25) is 4.79 Å². The molecule has 0 radical (unpaired) electrons. The average Bonchev–Trinajstić information content (AvgIpc) is 2.33. The van der Waals surface area contributed by atoms with Crippen molar-refractivity contribution < 1.29 is 4.79 Å². The summed E-state index contributed by atoms with van der Waals surface area (Å²) in [5.41, 5.74) is 11.1. The first-order valence-corrected chi connectivity index (χ1v) is 7.97. The number of nitrogen functional groups attached to an aromatic ring is 2. The van der Waals surface area contributed by atoms with Crippen molar-refractivity contribution in [3.63, 3.8) is 0 Å². The van der Waals surface area contributed by atoms with Crippen LogP contribution >= 0.6 is 11.8 Å². The van der Waals surface area contributed by atoms with Gasteiger partial charge >= 0.3 is 0 Å². The number of aromatic nitrogens is 3. The summed E-state index contributed by atoms with van der Waals surface area (Å²) >= 11 is 1.46. The third-order valence-corrected chi connectivity index (χ3v) is 4.02. The Morgan fingerprint density at radius 3 is 1.95 bits per heavy atom. The zero-order valence-electron chi connectivity index (χ0n) is 13.2. The summed E-state index contributed by atoms with van der Waals surface area (Å²) in [5.74, 6) is 1.27. The van der Waals surface area contributed by atoms with Gasteiger partial charge in [0.15, 0.2) is 0 Å². The fraction of sp³-hybridized carbons (Fsp3) is 0.692. The lowest BCUT2D eigenvalue weighted by Crippen LogP contribution is -2.45. The Morgan fingerprint density at radius 1 is 1.05 bits per heavy atom. The van der Waals surface area contributed by atoms with Gasteiger partial charge in [0, 0.05) is 12.1 Å². The van der Waals surface area contributed by atoms with Gasteiger partial charge in [-0.15, -0.1) is 11.8 Å². The van der Waals surface area contributed by atoms with Gasteiger partial charge in [-0.05, 0) is 34.6 Å². The average molecular weight is 312 g/mol. The molecule has 0 fully saturated rings. The lowest BCUT2D eigenvalue weighted by atomic mass is 10.2. The minimum absolute atomic E-state index is 0.100. The Hall–Kier alpha value is -1.57. The minimum Gasteiger partial charge on any atom is -0.368 e. The Kier molecular flexibility index (Phi) is 6.19. The van der Waals surface area contributed by atoms with Gasteiger partial charge in [0.05, 0.1) is 11.0 Å². The second-order valence-electron chi connectivity index (χ2n) is 5.35. The number of hydrogen-bond donors (Lipinski definition) is 2. The molecule has 1 aromatic heterocycles.